The average molecular weight is 270 g/mol. The van der Waals surface area contributed by atoms with E-state index >= 15 is 0 Å². The van der Waals surface area contributed by atoms with Crippen LogP contribution in [0.3, 0.4) is 0 Å². The van der Waals surface area contributed by atoms with Crippen LogP contribution in [0.5, 0.6) is 5.75 Å². The van der Waals surface area contributed by atoms with Crippen molar-refractivity contribution in [2.75, 3.05) is 7.11 Å². The molecule has 0 atom stereocenters. The van der Waals surface area contributed by atoms with Gasteiger partial charge >= 0.3 is 0 Å². The van der Waals surface area contributed by atoms with Crippen molar-refractivity contribution < 1.29 is 4.74 Å². The van der Waals surface area contributed by atoms with Crippen molar-refractivity contribution in [3.8, 4) is 5.75 Å². The minimum Gasteiger partial charge on any atom is -0.496 e. The molecule has 0 saturated carbocycles. The zero-order valence-electron chi connectivity index (χ0n) is 13.6. The Hall–Kier alpha value is -1.50. The molecule has 0 bridgehead atoms. The number of para-hydroxylation sites is 1. The summed E-state index contributed by atoms with van der Waals surface area (Å²) < 4.78 is 5.54. The third-order valence-corrected chi connectivity index (χ3v) is 4.41. The summed E-state index contributed by atoms with van der Waals surface area (Å²) in [7, 11) is 1.75. The SMILES string of the molecule is COc1ccccc1C(C)(C)C1=CC=C(C(C)(C)C)C1. The first-order valence-corrected chi connectivity index (χ1v) is 7.31. The van der Waals surface area contributed by atoms with Gasteiger partial charge < -0.3 is 4.74 Å². The molecule has 0 unspecified atom stereocenters. The molecule has 0 N–H and O–H groups in total. The molecule has 0 fully saturated rings. The van der Waals surface area contributed by atoms with Crippen molar-refractivity contribution in [2.45, 2.75) is 46.5 Å². The fourth-order valence-corrected chi connectivity index (χ4v) is 2.80. The lowest BCUT2D eigenvalue weighted by atomic mass is 9.74. The van der Waals surface area contributed by atoms with Gasteiger partial charge in [-0.3, -0.25) is 0 Å². The third-order valence-electron chi connectivity index (χ3n) is 4.41. The van der Waals surface area contributed by atoms with Crippen molar-refractivity contribution in [3.05, 3.63) is 53.1 Å². The Morgan fingerprint density at radius 2 is 1.50 bits per heavy atom. The molecule has 1 nitrogen and oxygen atoms in total. The van der Waals surface area contributed by atoms with Crippen LogP contribution in [0.15, 0.2) is 47.6 Å². The van der Waals surface area contributed by atoms with Gasteiger partial charge in [0.25, 0.3) is 0 Å². The van der Waals surface area contributed by atoms with Gasteiger partial charge in [0.15, 0.2) is 0 Å². The van der Waals surface area contributed by atoms with Crippen molar-refractivity contribution in [2.24, 2.45) is 5.41 Å². The Bertz CT molecular complexity index is 553. The maximum atomic E-state index is 5.54. The Kier molecular flexibility index (Phi) is 3.82. The van der Waals surface area contributed by atoms with Gasteiger partial charge in [-0.2, -0.15) is 0 Å². The van der Waals surface area contributed by atoms with E-state index in [0.29, 0.717) is 0 Å². The lowest BCUT2D eigenvalue weighted by Crippen LogP contribution is -2.22. The number of allylic oxidation sites excluding steroid dienone is 4. The van der Waals surface area contributed by atoms with Gasteiger partial charge in [-0.05, 0) is 17.9 Å². The highest BCUT2D eigenvalue weighted by Crippen LogP contribution is 2.44. The average Bonchev–Trinajstić information content (AvgIpc) is 2.88. The monoisotopic (exact) mass is 270 g/mol. The van der Waals surface area contributed by atoms with E-state index < -0.39 is 0 Å². The highest BCUT2D eigenvalue weighted by molar-refractivity contribution is 5.49. The molecule has 0 aromatic heterocycles. The largest absolute Gasteiger partial charge is 0.496 e. The Balaban J connectivity index is 2.30. The molecule has 0 heterocycles. The summed E-state index contributed by atoms with van der Waals surface area (Å²) in [4.78, 5) is 0. The van der Waals surface area contributed by atoms with Crippen LogP contribution < -0.4 is 4.74 Å². The van der Waals surface area contributed by atoms with E-state index in [2.05, 4.69) is 58.9 Å². The lowest BCUT2D eigenvalue weighted by Gasteiger charge is -2.31. The van der Waals surface area contributed by atoms with Gasteiger partial charge in [0, 0.05) is 11.0 Å². The van der Waals surface area contributed by atoms with E-state index in [9.17, 15) is 0 Å². The van der Waals surface area contributed by atoms with Crippen molar-refractivity contribution in [1.29, 1.82) is 0 Å². The number of hydrogen-bond acceptors (Lipinski definition) is 1. The predicted molar refractivity (Wildman–Crippen MR) is 86.3 cm³/mol. The molecule has 1 heteroatoms. The fourth-order valence-electron chi connectivity index (χ4n) is 2.80. The van der Waals surface area contributed by atoms with Crippen molar-refractivity contribution in [3.63, 3.8) is 0 Å². The molecule has 20 heavy (non-hydrogen) atoms. The Morgan fingerprint density at radius 1 is 0.900 bits per heavy atom. The molecule has 0 aliphatic heterocycles. The first-order chi connectivity index (χ1) is 9.26. The van der Waals surface area contributed by atoms with E-state index in [-0.39, 0.29) is 10.8 Å². The van der Waals surface area contributed by atoms with E-state index in [1.54, 1.807) is 7.11 Å². The molecule has 108 valence electrons. The standard InChI is InChI=1S/C19H26O/c1-18(2,3)14-11-12-15(13-14)19(4,5)16-9-7-8-10-17(16)20-6/h7-12H,13H2,1-6H3. The Morgan fingerprint density at radius 3 is 2.05 bits per heavy atom. The van der Waals surface area contributed by atoms with E-state index in [4.69, 9.17) is 4.74 Å². The lowest BCUT2D eigenvalue weighted by molar-refractivity contribution is 0.399. The van der Waals surface area contributed by atoms with Crippen molar-refractivity contribution >= 4 is 0 Å². The number of methoxy groups -OCH3 is 1. The van der Waals surface area contributed by atoms with Gasteiger partial charge in [0.05, 0.1) is 7.11 Å². The Labute approximate surface area is 123 Å². The smallest absolute Gasteiger partial charge is 0.122 e. The number of rotatable bonds is 3. The molecular weight excluding hydrogens is 244 g/mol. The summed E-state index contributed by atoms with van der Waals surface area (Å²) in [6, 6.07) is 8.34. The normalized spacial score (nSPS) is 15.9. The van der Waals surface area contributed by atoms with Gasteiger partial charge in [-0.15, -0.1) is 0 Å². The van der Waals surface area contributed by atoms with Crippen LogP contribution >= 0.6 is 0 Å². The van der Waals surface area contributed by atoms with Crippen molar-refractivity contribution in [1.82, 2.24) is 0 Å². The first kappa shape index (κ1) is 14.9. The predicted octanol–water partition coefficient (Wildman–Crippen LogP) is 5.28. The second-order valence-corrected chi connectivity index (χ2v) is 7.14. The summed E-state index contributed by atoms with van der Waals surface area (Å²) in [5, 5.41) is 0. The second kappa shape index (κ2) is 5.12. The van der Waals surface area contributed by atoms with Crippen LogP contribution in [0.25, 0.3) is 0 Å². The summed E-state index contributed by atoms with van der Waals surface area (Å²) in [5.41, 5.74) is 4.48. The van der Waals surface area contributed by atoms with E-state index in [1.165, 1.54) is 16.7 Å². The quantitative estimate of drug-likeness (QED) is 0.726. The minimum atomic E-state index is -0.00387. The van der Waals surface area contributed by atoms with Gasteiger partial charge in [-0.25, -0.2) is 0 Å². The minimum absolute atomic E-state index is 0.00387. The molecule has 0 amide bonds. The molecule has 1 aromatic carbocycles. The molecule has 1 aliphatic carbocycles. The molecule has 2 rings (SSSR count). The summed E-state index contributed by atoms with van der Waals surface area (Å²) in [6.07, 6.45) is 5.66. The van der Waals surface area contributed by atoms with Crippen LogP contribution in [-0.2, 0) is 5.41 Å². The molecule has 0 radical (unpaired) electrons. The van der Waals surface area contributed by atoms with Crippen LogP contribution in [0, 0.1) is 5.41 Å². The number of hydrogen-bond donors (Lipinski definition) is 0. The first-order valence-electron chi connectivity index (χ1n) is 7.31. The molecule has 0 saturated heterocycles. The highest BCUT2D eigenvalue weighted by atomic mass is 16.5. The van der Waals surface area contributed by atoms with Crippen LogP contribution in [0.4, 0.5) is 0 Å². The number of ether oxygens (including phenoxy) is 1. The summed E-state index contributed by atoms with van der Waals surface area (Å²) >= 11 is 0. The zero-order valence-corrected chi connectivity index (χ0v) is 13.6. The fraction of sp³-hybridized carbons (Fsp3) is 0.474. The molecule has 1 aliphatic rings. The highest BCUT2D eigenvalue weighted by Gasteiger charge is 2.32. The number of benzene rings is 1. The van der Waals surface area contributed by atoms with Gasteiger partial charge in [0.1, 0.15) is 5.75 Å². The van der Waals surface area contributed by atoms with E-state index in [1.807, 2.05) is 12.1 Å². The zero-order chi connectivity index (χ0) is 15.0. The molecule has 1 aromatic rings. The second-order valence-electron chi connectivity index (χ2n) is 7.14. The van der Waals surface area contributed by atoms with E-state index in [0.717, 1.165) is 12.2 Å². The van der Waals surface area contributed by atoms with Gasteiger partial charge in [-0.1, -0.05) is 76.1 Å². The van der Waals surface area contributed by atoms with Crippen LogP contribution in [0.1, 0.15) is 46.6 Å². The topological polar surface area (TPSA) is 9.23 Å². The summed E-state index contributed by atoms with van der Waals surface area (Å²) in [6.45, 7) is 11.4. The molecule has 0 spiro atoms. The molecular formula is C19H26O. The maximum absolute atomic E-state index is 5.54. The van der Waals surface area contributed by atoms with Gasteiger partial charge in [0.2, 0.25) is 0 Å². The third kappa shape index (κ3) is 2.67. The maximum Gasteiger partial charge on any atom is 0.122 e. The van der Waals surface area contributed by atoms with Crippen LogP contribution in [0.2, 0.25) is 0 Å². The summed E-state index contributed by atoms with van der Waals surface area (Å²) in [5.74, 6) is 0.975. The van der Waals surface area contributed by atoms with Crippen LogP contribution in [-0.4, -0.2) is 7.11 Å².